The Hall–Kier alpha value is -1.89. The van der Waals surface area contributed by atoms with E-state index in [-0.39, 0.29) is 24.1 Å². The van der Waals surface area contributed by atoms with E-state index >= 15 is 0 Å². The molecule has 0 saturated carbocycles. The zero-order valence-electron chi connectivity index (χ0n) is 17.5. The maximum absolute atomic E-state index is 12.7. The fourth-order valence-electron chi connectivity index (χ4n) is 3.47. The first kappa shape index (κ1) is 23.8. The predicted octanol–water partition coefficient (Wildman–Crippen LogP) is -0.393. The third-order valence-corrected chi connectivity index (χ3v) is 6.14. The number of piperidine rings is 1. The molecule has 0 spiro atoms. The van der Waals surface area contributed by atoms with Crippen LogP contribution in [0.3, 0.4) is 0 Å². The number of nitrogens with zero attached hydrogens (tertiary/aromatic N) is 1. The molecule has 4 N–H and O–H groups in total. The molecule has 1 unspecified atom stereocenters. The maximum Gasteiger partial charge on any atom is 0.265 e. The highest BCUT2D eigenvalue weighted by atomic mass is 32.1. The van der Waals surface area contributed by atoms with Crippen LogP contribution in [-0.4, -0.2) is 81.4 Å². The first-order valence-electron chi connectivity index (χ1n) is 10.5. The lowest BCUT2D eigenvalue weighted by Gasteiger charge is -2.29. The Morgan fingerprint density at radius 1 is 1.10 bits per heavy atom. The Morgan fingerprint density at radius 3 is 2.48 bits per heavy atom. The molecule has 3 heterocycles. The van der Waals surface area contributed by atoms with Gasteiger partial charge >= 0.3 is 0 Å². The summed E-state index contributed by atoms with van der Waals surface area (Å²) in [4.78, 5) is 39.4. The second-order valence-electron chi connectivity index (χ2n) is 7.27. The van der Waals surface area contributed by atoms with Gasteiger partial charge in [0.05, 0.1) is 44.5 Å². The van der Waals surface area contributed by atoms with E-state index in [9.17, 15) is 14.4 Å². The molecule has 1 fully saturated rings. The number of fused-ring (bicyclic) bond motifs is 1. The Balaban J connectivity index is 1.28. The van der Waals surface area contributed by atoms with Gasteiger partial charge in [-0.3, -0.25) is 19.7 Å². The number of hydrogen-bond donors (Lipinski definition) is 3. The summed E-state index contributed by atoms with van der Waals surface area (Å²) >= 11 is 1.45. The zero-order chi connectivity index (χ0) is 22.1. The van der Waals surface area contributed by atoms with E-state index in [1.807, 2.05) is 6.07 Å². The van der Waals surface area contributed by atoms with Crippen molar-refractivity contribution in [3.63, 3.8) is 0 Å². The number of carbonyl (C=O) groups is 3. The van der Waals surface area contributed by atoms with Gasteiger partial charge in [0, 0.05) is 37.5 Å². The average molecular weight is 455 g/mol. The van der Waals surface area contributed by atoms with Crippen molar-refractivity contribution in [1.29, 1.82) is 0 Å². The molecule has 0 bridgehead atoms. The fourth-order valence-corrected chi connectivity index (χ4v) is 4.57. The van der Waals surface area contributed by atoms with Gasteiger partial charge in [0.1, 0.15) is 6.04 Å². The number of nitrogens with one attached hydrogen (secondary N) is 2. The smallest absolute Gasteiger partial charge is 0.265 e. The van der Waals surface area contributed by atoms with Crippen LogP contribution in [0.2, 0.25) is 0 Å². The SMILES string of the molecule is NCCOCCOCCOCCNCc1cc2c(s1)C(=O)N(C1CCC(=O)NC1=O)C2. The molecule has 11 heteroatoms. The van der Waals surface area contributed by atoms with E-state index in [4.69, 9.17) is 19.9 Å². The van der Waals surface area contributed by atoms with Crippen LogP contribution < -0.4 is 16.4 Å². The predicted molar refractivity (Wildman–Crippen MR) is 114 cm³/mol. The lowest BCUT2D eigenvalue weighted by molar-refractivity contribution is -0.136. The van der Waals surface area contributed by atoms with Crippen LogP contribution in [0.25, 0.3) is 0 Å². The summed E-state index contributed by atoms with van der Waals surface area (Å²) in [5, 5.41) is 5.62. The lowest BCUT2D eigenvalue weighted by Crippen LogP contribution is -2.52. The molecule has 1 aromatic rings. The molecule has 3 amide bonds. The van der Waals surface area contributed by atoms with Crippen molar-refractivity contribution in [2.24, 2.45) is 5.73 Å². The molecular formula is C20H30N4O6S. The Kier molecular flexibility index (Phi) is 9.37. The number of thiophene rings is 1. The summed E-state index contributed by atoms with van der Waals surface area (Å²) in [6, 6.07) is 1.45. The molecule has 0 aromatic carbocycles. The monoisotopic (exact) mass is 454 g/mol. The highest BCUT2D eigenvalue weighted by molar-refractivity contribution is 7.14. The van der Waals surface area contributed by atoms with Crippen LogP contribution in [0.15, 0.2) is 6.07 Å². The van der Waals surface area contributed by atoms with E-state index in [1.165, 1.54) is 11.3 Å². The van der Waals surface area contributed by atoms with E-state index in [1.54, 1.807) is 4.90 Å². The van der Waals surface area contributed by atoms with Crippen LogP contribution >= 0.6 is 11.3 Å². The summed E-state index contributed by atoms with van der Waals surface area (Å²) < 4.78 is 16.1. The minimum atomic E-state index is -0.564. The van der Waals surface area contributed by atoms with Gasteiger partial charge in [0.25, 0.3) is 5.91 Å². The van der Waals surface area contributed by atoms with Crippen molar-refractivity contribution in [1.82, 2.24) is 15.5 Å². The standard InChI is InChI=1S/C20H30N4O6S/c21-3-5-28-7-9-30-10-8-29-6-4-22-12-15-11-14-13-24(20(27)18(14)31-15)16-1-2-17(25)23-19(16)26/h11,16,22H,1-10,12-13,21H2,(H,23,25,26). The molecular weight excluding hydrogens is 424 g/mol. The van der Waals surface area contributed by atoms with Gasteiger partial charge in [-0.25, -0.2) is 0 Å². The van der Waals surface area contributed by atoms with Gasteiger partial charge in [-0.1, -0.05) is 0 Å². The van der Waals surface area contributed by atoms with Gasteiger partial charge in [0.2, 0.25) is 11.8 Å². The number of nitrogens with two attached hydrogens (primary N) is 1. The second kappa shape index (κ2) is 12.2. The minimum Gasteiger partial charge on any atom is -0.378 e. The number of ether oxygens (including phenoxy) is 3. The van der Waals surface area contributed by atoms with Crippen LogP contribution in [0.1, 0.15) is 33.0 Å². The van der Waals surface area contributed by atoms with E-state index < -0.39 is 6.04 Å². The second-order valence-corrected chi connectivity index (χ2v) is 8.41. The zero-order valence-corrected chi connectivity index (χ0v) is 18.3. The molecule has 0 aliphatic carbocycles. The molecule has 2 aliphatic heterocycles. The van der Waals surface area contributed by atoms with Crippen LogP contribution in [0, 0.1) is 0 Å². The van der Waals surface area contributed by atoms with Crippen molar-refractivity contribution in [3.8, 4) is 0 Å². The van der Waals surface area contributed by atoms with Crippen LogP contribution in [0.5, 0.6) is 0 Å². The summed E-state index contributed by atoms with van der Waals surface area (Å²) in [7, 11) is 0. The number of carbonyl (C=O) groups excluding carboxylic acids is 3. The number of hydrogen-bond acceptors (Lipinski definition) is 9. The van der Waals surface area contributed by atoms with Crippen molar-refractivity contribution in [3.05, 3.63) is 21.4 Å². The largest absolute Gasteiger partial charge is 0.378 e. The molecule has 2 aliphatic rings. The van der Waals surface area contributed by atoms with Gasteiger partial charge in [-0.2, -0.15) is 0 Å². The first-order chi connectivity index (χ1) is 15.1. The van der Waals surface area contributed by atoms with Crippen molar-refractivity contribution in [2.45, 2.75) is 32.0 Å². The van der Waals surface area contributed by atoms with E-state index in [0.717, 1.165) is 10.4 Å². The molecule has 172 valence electrons. The van der Waals surface area contributed by atoms with Gasteiger partial charge in [0.15, 0.2) is 0 Å². The third kappa shape index (κ3) is 6.79. The molecule has 0 radical (unpaired) electrons. The summed E-state index contributed by atoms with van der Waals surface area (Å²) in [5.74, 6) is -0.787. The van der Waals surface area contributed by atoms with Crippen LogP contribution in [-0.2, 0) is 36.9 Å². The molecule has 3 rings (SSSR count). The quantitative estimate of drug-likeness (QED) is 0.256. The van der Waals surface area contributed by atoms with Gasteiger partial charge < -0.3 is 30.2 Å². The maximum atomic E-state index is 12.7. The van der Waals surface area contributed by atoms with Crippen molar-refractivity contribution >= 4 is 29.1 Å². The van der Waals surface area contributed by atoms with Crippen molar-refractivity contribution < 1.29 is 28.6 Å². The highest BCUT2D eigenvalue weighted by Crippen LogP contribution is 2.33. The summed E-state index contributed by atoms with van der Waals surface area (Å²) in [5.41, 5.74) is 6.27. The normalized spacial score (nSPS) is 18.5. The highest BCUT2D eigenvalue weighted by Gasteiger charge is 2.40. The van der Waals surface area contributed by atoms with Crippen molar-refractivity contribution in [2.75, 3.05) is 52.7 Å². The van der Waals surface area contributed by atoms with Crippen LogP contribution in [0.4, 0.5) is 0 Å². The lowest BCUT2D eigenvalue weighted by atomic mass is 10.0. The molecule has 31 heavy (non-hydrogen) atoms. The first-order valence-corrected chi connectivity index (χ1v) is 11.3. The fraction of sp³-hybridized carbons (Fsp3) is 0.650. The molecule has 1 aromatic heterocycles. The minimum absolute atomic E-state index is 0.127. The van der Waals surface area contributed by atoms with Gasteiger partial charge in [-0.15, -0.1) is 11.3 Å². The molecule has 1 atom stereocenters. The van der Waals surface area contributed by atoms with E-state index in [0.29, 0.717) is 77.1 Å². The Bertz CT molecular complexity index is 771. The number of imide groups is 1. The molecule has 10 nitrogen and oxygen atoms in total. The number of rotatable bonds is 14. The topological polar surface area (TPSA) is 132 Å². The molecule has 1 saturated heterocycles. The summed E-state index contributed by atoms with van der Waals surface area (Å²) in [6.45, 7) is 5.51. The average Bonchev–Trinajstić information content (AvgIpc) is 3.28. The third-order valence-electron chi connectivity index (χ3n) is 4.97. The van der Waals surface area contributed by atoms with E-state index in [2.05, 4.69) is 10.6 Å². The Morgan fingerprint density at radius 2 is 1.81 bits per heavy atom. The van der Waals surface area contributed by atoms with Gasteiger partial charge in [-0.05, 0) is 18.1 Å². The summed E-state index contributed by atoms with van der Waals surface area (Å²) in [6.07, 6.45) is 0.646. The Labute approximate surface area is 185 Å². The number of amides is 3.